The third-order valence-corrected chi connectivity index (χ3v) is 4.24. The summed E-state index contributed by atoms with van der Waals surface area (Å²) in [4.78, 5) is 3.96. The summed E-state index contributed by atoms with van der Waals surface area (Å²) in [7, 11) is -3.69. The number of halogens is 2. The lowest BCUT2D eigenvalue weighted by Crippen LogP contribution is -2.09. The lowest BCUT2D eigenvalue weighted by molar-refractivity contribution is 0.483. The van der Waals surface area contributed by atoms with Crippen LogP contribution in [-0.2, 0) is 21.3 Å². The number of hydrogen-bond donors (Lipinski definition) is 0. The topological polar surface area (TPSA) is 60.2 Å². The van der Waals surface area contributed by atoms with Crippen LogP contribution in [0.5, 0.6) is 0 Å². The van der Waals surface area contributed by atoms with E-state index in [1.165, 1.54) is 0 Å². The molecule has 108 valence electrons. The van der Waals surface area contributed by atoms with Crippen LogP contribution in [0.15, 0.2) is 22.6 Å². The molecule has 1 aromatic carbocycles. The van der Waals surface area contributed by atoms with E-state index < -0.39 is 33.0 Å². The second-order valence-corrected chi connectivity index (χ2v) is 6.58. The van der Waals surface area contributed by atoms with Gasteiger partial charge in [0, 0.05) is 5.56 Å². The van der Waals surface area contributed by atoms with E-state index in [4.69, 9.17) is 4.42 Å². The van der Waals surface area contributed by atoms with Crippen LogP contribution in [0, 0.1) is 25.5 Å². The highest BCUT2D eigenvalue weighted by Crippen LogP contribution is 2.17. The Hall–Kier alpha value is -1.76. The van der Waals surface area contributed by atoms with Gasteiger partial charge in [0.1, 0.15) is 23.1 Å². The monoisotopic (exact) mass is 301 g/mol. The van der Waals surface area contributed by atoms with E-state index in [2.05, 4.69) is 4.98 Å². The van der Waals surface area contributed by atoms with E-state index in [1.807, 2.05) is 0 Å². The molecule has 0 saturated carbocycles. The van der Waals surface area contributed by atoms with E-state index in [0.717, 1.165) is 18.2 Å². The number of sulfone groups is 1. The van der Waals surface area contributed by atoms with Gasteiger partial charge in [-0.25, -0.2) is 22.2 Å². The summed E-state index contributed by atoms with van der Waals surface area (Å²) < 4.78 is 55.6. The molecule has 0 saturated heterocycles. The minimum atomic E-state index is -3.69. The molecule has 4 nitrogen and oxygen atoms in total. The largest absolute Gasteiger partial charge is 0.445 e. The van der Waals surface area contributed by atoms with Crippen molar-refractivity contribution in [3.63, 3.8) is 0 Å². The summed E-state index contributed by atoms with van der Waals surface area (Å²) in [6.45, 7) is 3.37. The van der Waals surface area contributed by atoms with Crippen molar-refractivity contribution in [1.29, 1.82) is 0 Å². The Labute approximate surface area is 115 Å². The van der Waals surface area contributed by atoms with E-state index in [-0.39, 0.29) is 11.5 Å². The zero-order valence-electron chi connectivity index (χ0n) is 11.0. The van der Waals surface area contributed by atoms with Crippen LogP contribution in [0.4, 0.5) is 8.78 Å². The zero-order valence-corrected chi connectivity index (χ0v) is 11.8. The van der Waals surface area contributed by atoms with Crippen LogP contribution in [0.2, 0.25) is 0 Å². The van der Waals surface area contributed by atoms with Gasteiger partial charge < -0.3 is 4.42 Å². The fourth-order valence-electron chi connectivity index (χ4n) is 1.73. The van der Waals surface area contributed by atoms with Crippen molar-refractivity contribution in [2.24, 2.45) is 0 Å². The van der Waals surface area contributed by atoms with Gasteiger partial charge in [0.05, 0.1) is 11.4 Å². The molecule has 0 amide bonds. The number of aryl methyl sites for hydroxylation is 2. The summed E-state index contributed by atoms with van der Waals surface area (Å²) in [6, 6.07) is 2.71. The first kappa shape index (κ1) is 14.6. The molecule has 0 N–H and O–H groups in total. The Balaban J connectivity index is 2.21. The first-order valence-corrected chi connectivity index (χ1v) is 7.66. The third-order valence-electron chi connectivity index (χ3n) is 2.80. The maximum atomic E-state index is 13.4. The van der Waals surface area contributed by atoms with Crippen molar-refractivity contribution >= 4 is 9.84 Å². The van der Waals surface area contributed by atoms with Gasteiger partial charge in [0.2, 0.25) is 5.89 Å². The molecule has 20 heavy (non-hydrogen) atoms. The minimum absolute atomic E-state index is 0.0526. The van der Waals surface area contributed by atoms with Gasteiger partial charge in [0.25, 0.3) is 0 Å². The van der Waals surface area contributed by atoms with Gasteiger partial charge >= 0.3 is 0 Å². The quantitative estimate of drug-likeness (QED) is 0.871. The van der Waals surface area contributed by atoms with Crippen molar-refractivity contribution in [3.8, 4) is 0 Å². The number of rotatable bonds is 4. The van der Waals surface area contributed by atoms with Crippen molar-refractivity contribution in [2.45, 2.75) is 25.4 Å². The molecule has 1 heterocycles. The van der Waals surface area contributed by atoms with E-state index in [1.54, 1.807) is 13.8 Å². The molecule has 2 aromatic rings. The fraction of sp³-hybridized carbons (Fsp3) is 0.308. The van der Waals surface area contributed by atoms with Crippen LogP contribution in [0.1, 0.15) is 22.9 Å². The average Bonchev–Trinajstić information content (AvgIpc) is 2.61. The molecule has 0 aliphatic carbocycles. The molecular formula is C13H13F2NO3S. The Morgan fingerprint density at radius 3 is 2.50 bits per heavy atom. The molecule has 0 aliphatic rings. The number of aromatic nitrogens is 1. The van der Waals surface area contributed by atoms with Crippen molar-refractivity contribution < 1.29 is 21.6 Å². The first-order chi connectivity index (χ1) is 9.27. The fourth-order valence-corrected chi connectivity index (χ4v) is 3.03. The predicted molar refractivity (Wildman–Crippen MR) is 68.7 cm³/mol. The van der Waals surface area contributed by atoms with Crippen molar-refractivity contribution in [2.75, 3.05) is 0 Å². The average molecular weight is 301 g/mol. The Morgan fingerprint density at radius 2 is 1.90 bits per heavy atom. The molecule has 0 bridgehead atoms. The predicted octanol–water partition coefficient (Wildman–Crippen LogP) is 2.68. The summed E-state index contributed by atoms with van der Waals surface area (Å²) in [5.74, 6) is -1.90. The number of oxazole rings is 1. The highest BCUT2D eigenvalue weighted by Gasteiger charge is 2.20. The maximum absolute atomic E-state index is 13.4. The summed E-state index contributed by atoms with van der Waals surface area (Å²) >= 11 is 0. The maximum Gasteiger partial charge on any atom is 0.209 e. The van der Waals surface area contributed by atoms with Crippen LogP contribution in [0.3, 0.4) is 0 Å². The summed E-state index contributed by atoms with van der Waals surface area (Å²) in [5, 5.41) is 0. The molecule has 7 heteroatoms. The van der Waals surface area contributed by atoms with Gasteiger partial charge in [-0.3, -0.25) is 0 Å². The Morgan fingerprint density at radius 1 is 1.20 bits per heavy atom. The lowest BCUT2D eigenvalue weighted by Gasteiger charge is -2.04. The Bertz CT molecular complexity index is 719. The number of nitrogens with zero attached hydrogens (tertiary/aromatic N) is 1. The van der Waals surface area contributed by atoms with Gasteiger partial charge in [0.15, 0.2) is 9.84 Å². The normalized spacial score (nSPS) is 11.8. The molecule has 1 aromatic heterocycles. The second-order valence-electron chi connectivity index (χ2n) is 4.52. The number of benzene rings is 1. The second kappa shape index (κ2) is 5.32. The minimum Gasteiger partial charge on any atom is -0.445 e. The van der Waals surface area contributed by atoms with Gasteiger partial charge in [-0.2, -0.15) is 0 Å². The smallest absolute Gasteiger partial charge is 0.209 e. The summed E-state index contributed by atoms with van der Waals surface area (Å²) in [5.41, 5.74) is 0.400. The Kier molecular flexibility index (Phi) is 3.89. The molecule has 0 spiro atoms. The van der Waals surface area contributed by atoms with Gasteiger partial charge in [-0.15, -0.1) is 0 Å². The molecule has 0 unspecified atom stereocenters. The molecule has 2 rings (SSSR count). The van der Waals surface area contributed by atoms with E-state index in [9.17, 15) is 17.2 Å². The number of hydrogen-bond acceptors (Lipinski definition) is 4. The van der Waals surface area contributed by atoms with Crippen LogP contribution < -0.4 is 0 Å². The van der Waals surface area contributed by atoms with Crippen molar-refractivity contribution in [1.82, 2.24) is 4.98 Å². The van der Waals surface area contributed by atoms with Gasteiger partial charge in [-0.05, 0) is 32.0 Å². The zero-order chi connectivity index (χ0) is 14.9. The van der Waals surface area contributed by atoms with Crippen LogP contribution in [-0.4, -0.2) is 13.4 Å². The third kappa shape index (κ3) is 3.41. The molecular weight excluding hydrogens is 288 g/mol. The molecule has 0 fully saturated rings. The van der Waals surface area contributed by atoms with Crippen LogP contribution >= 0.6 is 0 Å². The highest BCUT2D eigenvalue weighted by molar-refractivity contribution is 7.89. The van der Waals surface area contributed by atoms with Crippen molar-refractivity contribution in [3.05, 3.63) is 52.7 Å². The van der Waals surface area contributed by atoms with Crippen LogP contribution in [0.25, 0.3) is 0 Å². The summed E-state index contributed by atoms with van der Waals surface area (Å²) in [6.07, 6.45) is 0. The van der Waals surface area contributed by atoms with E-state index >= 15 is 0 Å². The van der Waals surface area contributed by atoms with Gasteiger partial charge in [-0.1, -0.05) is 0 Å². The molecule has 0 radical (unpaired) electrons. The first-order valence-electron chi connectivity index (χ1n) is 5.84. The van der Waals surface area contributed by atoms with E-state index in [0.29, 0.717) is 11.5 Å². The standard InChI is InChI=1S/C13H13F2NO3S/c1-8-9(2)19-13(16-8)7-20(17,18)6-10-5-11(14)3-4-12(10)15/h3-5H,6-7H2,1-2H3. The highest BCUT2D eigenvalue weighted by atomic mass is 32.2. The molecule has 0 atom stereocenters. The molecule has 0 aliphatic heterocycles. The SMILES string of the molecule is Cc1nc(CS(=O)(=O)Cc2cc(F)ccc2F)oc1C. The lowest BCUT2D eigenvalue weighted by atomic mass is 10.2.